The second-order valence-electron chi connectivity index (χ2n) is 6.76. The number of nitrogens with zero attached hydrogens (tertiary/aromatic N) is 3. The Morgan fingerprint density at radius 2 is 2.04 bits per heavy atom. The molecule has 144 valence electrons. The Morgan fingerprint density at radius 1 is 1.26 bits per heavy atom. The van der Waals surface area contributed by atoms with Crippen LogP contribution in [0.1, 0.15) is 32.6 Å². The summed E-state index contributed by atoms with van der Waals surface area (Å²) in [5, 5.41) is 7.07. The number of aromatic nitrogens is 1. The monoisotopic (exact) mass is 385 g/mol. The molecule has 1 aromatic carbocycles. The van der Waals surface area contributed by atoms with E-state index in [4.69, 9.17) is 14.6 Å². The third-order valence-electron chi connectivity index (χ3n) is 4.82. The van der Waals surface area contributed by atoms with Crippen molar-refractivity contribution in [2.45, 2.75) is 32.6 Å². The summed E-state index contributed by atoms with van der Waals surface area (Å²) >= 11 is 1.58. The molecule has 2 aromatic rings. The van der Waals surface area contributed by atoms with Gasteiger partial charge in [0.05, 0.1) is 26.5 Å². The van der Waals surface area contributed by atoms with Gasteiger partial charge in [-0.2, -0.15) is 5.10 Å². The maximum absolute atomic E-state index is 5.59. The SMILES string of the molecule is C=CCN=c1scc(-c2cc(OC)ccc2OC)n1N=C1CCC(C)CC1. The summed E-state index contributed by atoms with van der Waals surface area (Å²) in [6, 6.07) is 5.81. The van der Waals surface area contributed by atoms with E-state index in [9.17, 15) is 0 Å². The summed E-state index contributed by atoms with van der Waals surface area (Å²) in [4.78, 5) is 5.50. The van der Waals surface area contributed by atoms with Crippen molar-refractivity contribution in [2.75, 3.05) is 20.8 Å². The summed E-state index contributed by atoms with van der Waals surface area (Å²) in [7, 11) is 3.35. The van der Waals surface area contributed by atoms with Crippen LogP contribution in [0, 0.1) is 5.92 Å². The van der Waals surface area contributed by atoms with Crippen LogP contribution in [0.25, 0.3) is 11.3 Å². The van der Waals surface area contributed by atoms with Gasteiger partial charge in [0.25, 0.3) is 0 Å². The molecule has 0 atom stereocenters. The van der Waals surface area contributed by atoms with Gasteiger partial charge >= 0.3 is 0 Å². The second kappa shape index (κ2) is 9.04. The van der Waals surface area contributed by atoms with Gasteiger partial charge in [-0.3, -0.25) is 4.99 Å². The summed E-state index contributed by atoms with van der Waals surface area (Å²) in [5.74, 6) is 2.35. The van der Waals surface area contributed by atoms with E-state index in [1.54, 1.807) is 31.6 Å². The molecule has 0 saturated heterocycles. The van der Waals surface area contributed by atoms with E-state index in [0.717, 1.165) is 46.3 Å². The lowest BCUT2D eigenvalue weighted by molar-refractivity contribution is 0.404. The van der Waals surface area contributed by atoms with Crippen molar-refractivity contribution in [3.8, 4) is 22.8 Å². The zero-order chi connectivity index (χ0) is 19.2. The van der Waals surface area contributed by atoms with Crippen LogP contribution in [0.3, 0.4) is 0 Å². The van der Waals surface area contributed by atoms with Crippen molar-refractivity contribution >= 4 is 17.0 Å². The lowest BCUT2D eigenvalue weighted by Crippen LogP contribution is -2.18. The summed E-state index contributed by atoms with van der Waals surface area (Å²) < 4.78 is 13.0. The van der Waals surface area contributed by atoms with Crippen LogP contribution in [0.4, 0.5) is 0 Å². The van der Waals surface area contributed by atoms with Gasteiger partial charge in [0.15, 0.2) is 0 Å². The lowest BCUT2D eigenvalue weighted by Gasteiger charge is -2.19. The number of methoxy groups -OCH3 is 2. The topological polar surface area (TPSA) is 48.1 Å². The van der Waals surface area contributed by atoms with Gasteiger partial charge in [-0.25, -0.2) is 4.68 Å². The van der Waals surface area contributed by atoms with Crippen molar-refractivity contribution in [1.29, 1.82) is 0 Å². The molecule has 0 amide bonds. The molecular formula is C21H27N3O2S. The van der Waals surface area contributed by atoms with Crippen LogP contribution < -0.4 is 14.3 Å². The molecular weight excluding hydrogens is 358 g/mol. The second-order valence-corrected chi connectivity index (χ2v) is 7.60. The first-order valence-electron chi connectivity index (χ1n) is 9.27. The molecule has 0 spiro atoms. The van der Waals surface area contributed by atoms with Crippen LogP contribution in [-0.2, 0) is 0 Å². The Kier molecular flexibility index (Phi) is 6.50. The Balaban J connectivity index is 2.13. The zero-order valence-electron chi connectivity index (χ0n) is 16.3. The van der Waals surface area contributed by atoms with E-state index in [-0.39, 0.29) is 0 Å². The lowest BCUT2D eigenvalue weighted by atomic mass is 9.90. The molecule has 27 heavy (non-hydrogen) atoms. The largest absolute Gasteiger partial charge is 0.497 e. The normalized spacial score (nSPS) is 17.7. The van der Waals surface area contributed by atoms with E-state index in [2.05, 4.69) is 23.9 Å². The molecule has 5 nitrogen and oxygen atoms in total. The zero-order valence-corrected chi connectivity index (χ0v) is 17.1. The number of hydrogen-bond donors (Lipinski definition) is 0. The van der Waals surface area contributed by atoms with E-state index in [0.29, 0.717) is 6.54 Å². The van der Waals surface area contributed by atoms with Crippen molar-refractivity contribution in [3.05, 3.63) is 41.0 Å². The van der Waals surface area contributed by atoms with Crippen LogP contribution in [0.5, 0.6) is 11.5 Å². The molecule has 0 radical (unpaired) electrons. The fourth-order valence-electron chi connectivity index (χ4n) is 3.18. The Hall–Kier alpha value is -2.34. The van der Waals surface area contributed by atoms with Crippen molar-refractivity contribution < 1.29 is 9.47 Å². The third kappa shape index (κ3) is 4.50. The number of rotatable bonds is 6. The molecule has 0 aliphatic heterocycles. The van der Waals surface area contributed by atoms with E-state index < -0.39 is 0 Å². The average molecular weight is 386 g/mol. The first kappa shape index (κ1) is 19.4. The summed E-state index contributed by atoms with van der Waals surface area (Å²) in [6.07, 6.45) is 6.27. The Morgan fingerprint density at radius 3 is 2.70 bits per heavy atom. The highest BCUT2D eigenvalue weighted by Gasteiger charge is 2.17. The molecule has 0 N–H and O–H groups in total. The highest BCUT2D eigenvalue weighted by atomic mass is 32.1. The van der Waals surface area contributed by atoms with Crippen LogP contribution >= 0.6 is 11.3 Å². The third-order valence-corrected chi connectivity index (χ3v) is 5.67. The molecule has 1 saturated carbocycles. The summed E-state index contributed by atoms with van der Waals surface area (Å²) in [5.41, 5.74) is 3.14. The van der Waals surface area contributed by atoms with E-state index in [1.165, 1.54) is 18.6 Å². The number of ether oxygens (including phenoxy) is 2. The molecule has 1 fully saturated rings. The standard InChI is InChI=1S/C21H27N3O2S/c1-5-12-22-21-24(23-16-8-6-15(2)7-9-16)19(14-27-21)18-13-17(25-3)10-11-20(18)26-4/h5,10-11,13-15H,1,6-9,12H2,2-4H3. The highest BCUT2D eigenvalue weighted by Crippen LogP contribution is 2.34. The maximum atomic E-state index is 5.59. The molecule has 6 heteroatoms. The average Bonchev–Trinajstić information content (AvgIpc) is 3.09. The Labute approximate surface area is 164 Å². The van der Waals surface area contributed by atoms with Gasteiger partial charge in [0.1, 0.15) is 11.5 Å². The van der Waals surface area contributed by atoms with Crippen LogP contribution in [0.15, 0.2) is 46.3 Å². The minimum atomic E-state index is 0.567. The Bertz CT molecular complexity index is 885. The van der Waals surface area contributed by atoms with Crippen molar-refractivity contribution in [3.63, 3.8) is 0 Å². The molecule has 1 heterocycles. The molecule has 1 aliphatic rings. The van der Waals surface area contributed by atoms with Gasteiger partial charge in [-0.05, 0) is 49.8 Å². The fourth-order valence-corrected chi connectivity index (χ4v) is 4.02. The molecule has 0 bridgehead atoms. The number of thiazole rings is 1. The number of benzene rings is 1. The molecule has 1 aliphatic carbocycles. The summed E-state index contributed by atoms with van der Waals surface area (Å²) in [6.45, 7) is 6.65. The quantitative estimate of drug-likeness (QED) is 0.675. The highest BCUT2D eigenvalue weighted by molar-refractivity contribution is 7.07. The predicted molar refractivity (Wildman–Crippen MR) is 112 cm³/mol. The minimum Gasteiger partial charge on any atom is -0.497 e. The predicted octanol–water partition coefficient (Wildman–Crippen LogP) is 4.73. The first-order chi connectivity index (χ1) is 13.2. The van der Waals surface area contributed by atoms with E-state index >= 15 is 0 Å². The van der Waals surface area contributed by atoms with Gasteiger partial charge in [-0.15, -0.1) is 17.9 Å². The van der Waals surface area contributed by atoms with Crippen LogP contribution in [-0.4, -0.2) is 31.2 Å². The van der Waals surface area contributed by atoms with Gasteiger partial charge < -0.3 is 9.47 Å². The molecule has 3 rings (SSSR count). The minimum absolute atomic E-state index is 0.567. The smallest absolute Gasteiger partial charge is 0.206 e. The van der Waals surface area contributed by atoms with Crippen molar-refractivity contribution in [2.24, 2.45) is 16.0 Å². The van der Waals surface area contributed by atoms with Gasteiger partial charge in [0, 0.05) is 16.7 Å². The molecule has 0 unspecified atom stereocenters. The maximum Gasteiger partial charge on any atom is 0.206 e. The molecule has 1 aromatic heterocycles. The van der Waals surface area contributed by atoms with Crippen LogP contribution in [0.2, 0.25) is 0 Å². The van der Waals surface area contributed by atoms with Gasteiger partial charge in [0.2, 0.25) is 4.80 Å². The fraction of sp³-hybridized carbons (Fsp3) is 0.429. The number of hydrogen-bond acceptors (Lipinski definition) is 5. The van der Waals surface area contributed by atoms with Crippen molar-refractivity contribution in [1.82, 2.24) is 4.68 Å². The van der Waals surface area contributed by atoms with E-state index in [1.807, 2.05) is 22.9 Å². The van der Waals surface area contributed by atoms with Gasteiger partial charge in [-0.1, -0.05) is 13.0 Å². The first-order valence-corrected chi connectivity index (χ1v) is 10.1.